The van der Waals surface area contributed by atoms with E-state index in [1.165, 1.54) is 12.1 Å². The van der Waals surface area contributed by atoms with E-state index in [2.05, 4.69) is 22.9 Å². The largest absolute Gasteiger partial charge is 0.299 e. The molecule has 1 rings (SSSR count). The van der Waals surface area contributed by atoms with E-state index in [1.807, 2.05) is 0 Å². The first-order valence-electron chi connectivity index (χ1n) is 5.59. The number of benzene rings is 1. The fraction of sp³-hybridized carbons (Fsp3) is 0.462. The quantitative estimate of drug-likeness (QED) is 0.714. The smallest absolute Gasteiger partial charge is 0.137 e. The summed E-state index contributed by atoms with van der Waals surface area (Å²) in [5.74, 6) is -0.112. The number of carbonyl (C=O) groups excluding carboxylic acids is 1. The summed E-state index contributed by atoms with van der Waals surface area (Å²) in [6.45, 7) is 2.10. The molecule has 0 fully saturated rings. The van der Waals surface area contributed by atoms with Crippen LogP contribution in [0, 0.1) is 5.82 Å². The average molecular weight is 287 g/mol. The van der Waals surface area contributed by atoms with Crippen LogP contribution in [0.15, 0.2) is 22.7 Å². The third-order valence-electron chi connectivity index (χ3n) is 2.45. The van der Waals surface area contributed by atoms with Gasteiger partial charge in [-0.1, -0.05) is 35.7 Å². The summed E-state index contributed by atoms with van der Waals surface area (Å²) in [7, 11) is 0. The zero-order valence-electron chi connectivity index (χ0n) is 9.43. The van der Waals surface area contributed by atoms with Gasteiger partial charge in [-0.25, -0.2) is 4.39 Å². The van der Waals surface area contributed by atoms with Crippen molar-refractivity contribution < 1.29 is 9.18 Å². The lowest BCUT2D eigenvalue weighted by Gasteiger charge is -2.04. The van der Waals surface area contributed by atoms with Gasteiger partial charge < -0.3 is 0 Å². The third-order valence-corrected chi connectivity index (χ3v) is 3.23. The Hall–Kier alpha value is -0.700. The van der Waals surface area contributed by atoms with Crippen LogP contribution in [0.1, 0.15) is 38.2 Å². The highest BCUT2D eigenvalue weighted by Gasteiger charge is 2.07. The van der Waals surface area contributed by atoms with Crippen LogP contribution in [-0.4, -0.2) is 5.78 Å². The lowest BCUT2D eigenvalue weighted by atomic mass is 10.0. The number of unbranched alkanes of at least 4 members (excludes halogenated alkanes) is 2. The number of rotatable bonds is 6. The maximum absolute atomic E-state index is 13.0. The van der Waals surface area contributed by atoms with Gasteiger partial charge in [-0.3, -0.25) is 4.79 Å². The SMILES string of the molecule is CCCCCC(=O)Cc1cc(F)ccc1Br. The van der Waals surface area contributed by atoms with Crippen LogP contribution >= 0.6 is 15.9 Å². The molecule has 3 heteroatoms. The van der Waals surface area contributed by atoms with Gasteiger partial charge in [0, 0.05) is 17.3 Å². The van der Waals surface area contributed by atoms with Crippen LogP contribution in [-0.2, 0) is 11.2 Å². The Morgan fingerprint density at radius 1 is 1.38 bits per heavy atom. The van der Waals surface area contributed by atoms with Crippen LogP contribution < -0.4 is 0 Å². The number of hydrogen-bond acceptors (Lipinski definition) is 1. The number of halogens is 2. The van der Waals surface area contributed by atoms with E-state index >= 15 is 0 Å². The molecule has 88 valence electrons. The second-order valence-electron chi connectivity index (χ2n) is 3.91. The number of ketones is 1. The standard InChI is InChI=1S/C13H16BrFO/c1-2-3-4-5-12(16)9-10-8-11(15)6-7-13(10)14/h6-8H,2-5,9H2,1H3. The van der Waals surface area contributed by atoms with Crippen LogP contribution in [0.5, 0.6) is 0 Å². The summed E-state index contributed by atoms with van der Waals surface area (Å²) in [4.78, 5) is 11.6. The predicted molar refractivity (Wildman–Crippen MR) is 67.0 cm³/mol. The van der Waals surface area contributed by atoms with Crippen molar-refractivity contribution in [2.24, 2.45) is 0 Å². The monoisotopic (exact) mass is 286 g/mol. The van der Waals surface area contributed by atoms with Gasteiger partial charge in [0.25, 0.3) is 0 Å². The topological polar surface area (TPSA) is 17.1 Å². The van der Waals surface area contributed by atoms with Crippen molar-refractivity contribution >= 4 is 21.7 Å². The maximum Gasteiger partial charge on any atom is 0.137 e. The molecule has 0 bridgehead atoms. The molecular weight excluding hydrogens is 271 g/mol. The van der Waals surface area contributed by atoms with E-state index in [9.17, 15) is 9.18 Å². The zero-order chi connectivity index (χ0) is 12.0. The lowest BCUT2D eigenvalue weighted by molar-refractivity contribution is -0.118. The van der Waals surface area contributed by atoms with Crippen molar-refractivity contribution in [1.82, 2.24) is 0 Å². The highest BCUT2D eigenvalue weighted by atomic mass is 79.9. The molecule has 0 saturated heterocycles. The Labute approximate surface area is 104 Å². The first-order valence-corrected chi connectivity index (χ1v) is 6.38. The Bertz CT molecular complexity index is 363. The number of hydrogen-bond donors (Lipinski definition) is 0. The van der Waals surface area contributed by atoms with Gasteiger partial charge in [0.1, 0.15) is 11.6 Å². The molecule has 0 aliphatic heterocycles. The van der Waals surface area contributed by atoms with Gasteiger partial charge >= 0.3 is 0 Å². The first-order chi connectivity index (χ1) is 7.63. The van der Waals surface area contributed by atoms with Crippen molar-refractivity contribution in [3.05, 3.63) is 34.1 Å². The molecule has 1 aromatic rings. The van der Waals surface area contributed by atoms with E-state index in [-0.39, 0.29) is 11.6 Å². The minimum absolute atomic E-state index is 0.180. The van der Waals surface area contributed by atoms with Crippen LogP contribution in [0.25, 0.3) is 0 Å². The molecule has 0 amide bonds. The molecule has 0 saturated carbocycles. The highest BCUT2D eigenvalue weighted by Crippen LogP contribution is 2.19. The van der Waals surface area contributed by atoms with Gasteiger partial charge in [0.15, 0.2) is 0 Å². The second kappa shape index (κ2) is 6.79. The minimum Gasteiger partial charge on any atom is -0.299 e. The molecule has 0 aliphatic carbocycles. The number of carbonyl (C=O) groups is 1. The molecule has 0 unspecified atom stereocenters. The van der Waals surface area contributed by atoms with Crippen molar-refractivity contribution in [1.29, 1.82) is 0 Å². The van der Waals surface area contributed by atoms with E-state index < -0.39 is 0 Å². The minimum atomic E-state index is -0.292. The molecule has 0 aromatic heterocycles. The highest BCUT2D eigenvalue weighted by molar-refractivity contribution is 9.10. The zero-order valence-corrected chi connectivity index (χ0v) is 11.0. The van der Waals surface area contributed by atoms with Crippen LogP contribution in [0.3, 0.4) is 0 Å². The average Bonchev–Trinajstić information content (AvgIpc) is 2.24. The summed E-state index contributed by atoms with van der Waals surface area (Å²) in [5, 5.41) is 0. The fourth-order valence-electron chi connectivity index (χ4n) is 1.55. The van der Waals surface area contributed by atoms with Crippen molar-refractivity contribution in [2.45, 2.75) is 39.0 Å². The van der Waals surface area contributed by atoms with Gasteiger partial charge in [0.2, 0.25) is 0 Å². The van der Waals surface area contributed by atoms with E-state index in [4.69, 9.17) is 0 Å². The lowest BCUT2D eigenvalue weighted by Crippen LogP contribution is -2.03. The predicted octanol–water partition coefficient (Wildman–Crippen LogP) is 4.28. The number of Topliss-reactive ketones (excluding diaryl/α,β-unsaturated/α-hetero) is 1. The van der Waals surface area contributed by atoms with E-state index in [0.29, 0.717) is 12.8 Å². The van der Waals surface area contributed by atoms with Crippen molar-refractivity contribution in [3.63, 3.8) is 0 Å². The van der Waals surface area contributed by atoms with Crippen molar-refractivity contribution in [2.75, 3.05) is 0 Å². The molecule has 1 nitrogen and oxygen atoms in total. The normalized spacial score (nSPS) is 10.4. The summed E-state index contributed by atoms with van der Waals surface area (Å²) in [5.41, 5.74) is 0.737. The molecule has 0 radical (unpaired) electrons. The van der Waals surface area contributed by atoms with Crippen LogP contribution in [0.4, 0.5) is 4.39 Å². The van der Waals surface area contributed by atoms with E-state index in [0.717, 1.165) is 29.3 Å². The summed E-state index contributed by atoms with van der Waals surface area (Å²) < 4.78 is 13.8. The maximum atomic E-state index is 13.0. The van der Waals surface area contributed by atoms with Crippen molar-refractivity contribution in [3.8, 4) is 0 Å². The Balaban J connectivity index is 2.52. The van der Waals surface area contributed by atoms with Gasteiger partial charge in [-0.2, -0.15) is 0 Å². The molecular formula is C13H16BrFO. The van der Waals surface area contributed by atoms with Gasteiger partial charge in [-0.05, 0) is 30.2 Å². The Morgan fingerprint density at radius 3 is 2.81 bits per heavy atom. The summed E-state index contributed by atoms with van der Waals surface area (Å²) in [6, 6.07) is 4.45. The fourth-order valence-corrected chi connectivity index (χ4v) is 1.94. The molecule has 0 spiro atoms. The van der Waals surface area contributed by atoms with E-state index in [1.54, 1.807) is 6.07 Å². The summed E-state index contributed by atoms with van der Waals surface area (Å²) in [6.07, 6.45) is 4.04. The van der Waals surface area contributed by atoms with Gasteiger partial charge in [-0.15, -0.1) is 0 Å². The molecule has 0 heterocycles. The van der Waals surface area contributed by atoms with Gasteiger partial charge in [0.05, 0.1) is 0 Å². The van der Waals surface area contributed by atoms with Crippen LogP contribution in [0.2, 0.25) is 0 Å². The molecule has 0 N–H and O–H groups in total. The molecule has 0 atom stereocenters. The molecule has 0 aliphatic rings. The Morgan fingerprint density at radius 2 is 2.12 bits per heavy atom. The molecule has 1 aromatic carbocycles. The second-order valence-corrected chi connectivity index (χ2v) is 4.76. The molecule has 16 heavy (non-hydrogen) atoms. The first kappa shape index (κ1) is 13.4. The Kier molecular flexibility index (Phi) is 5.67. The third kappa shape index (κ3) is 4.44. The summed E-state index contributed by atoms with van der Waals surface area (Å²) >= 11 is 3.32.